The van der Waals surface area contributed by atoms with Crippen molar-refractivity contribution in [1.82, 2.24) is 10.2 Å². The van der Waals surface area contributed by atoms with Gasteiger partial charge in [-0.15, -0.1) is 5.10 Å². The molecule has 0 aliphatic heterocycles. The Labute approximate surface area is 154 Å². The number of non-ortho nitro benzene ring substituents is 2. The van der Waals surface area contributed by atoms with Gasteiger partial charge in [0.1, 0.15) is 0 Å². The van der Waals surface area contributed by atoms with Crippen molar-refractivity contribution < 1.29 is 19.1 Å². The lowest BCUT2D eigenvalue weighted by Crippen LogP contribution is -2.13. The minimum absolute atomic E-state index is 0.0813. The first-order valence-electron chi connectivity index (χ1n) is 7.18. The van der Waals surface area contributed by atoms with Crippen LogP contribution in [0, 0.1) is 20.2 Å². The summed E-state index contributed by atoms with van der Waals surface area (Å²) in [5, 5.41) is 31.9. The number of benzene rings is 2. The first-order chi connectivity index (χ1) is 12.8. The zero-order chi connectivity index (χ0) is 19.6. The van der Waals surface area contributed by atoms with E-state index in [0.29, 0.717) is 10.6 Å². The van der Waals surface area contributed by atoms with E-state index in [-0.39, 0.29) is 17.5 Å². The summed E-state index contributed by atoms with van der Waals surface area (Å²) >= 11 is 5.88. The van der Waals surface area contributed by atoms with Crippen LogP contribution in [-0.4, -0.2) is 26.0 Å². The van der Waals surface area contributed by atoms with E-state index in [0.717, 1.165) is 18.2 Å². The molecule has 0 saturated carbocycles. The number of aromatic nitrogens is 2. The number of nitrogens with zero attached hydrogens (tertiary/aromatic N) is 4. The van der Waals surface area contributed by atoms with Gasteiger partial charge in [-0.1, -0.05) is 22.8 Å². The highest BCUT2D eigenvalue weighted by Crippen LogP contribution is 2.25. The fourth-order valence-electron chi connectivity index (χ4n) is 2.12. The van der Waals surface area contributed by atoms with Crippen LogP contribution in [0.4, 0.5) is 17.4 Å². The van der Waals surface area contributed by atoms with Crippen molar-refractivity contribution in [1.29, 1.82) is 0 Å². The summed E-state index contributed by atoms with van der Waals surface area (Å²) in [6.45, 7) is 0. The number of halogens is 1. The third-order valence-electron chi connectivity index (χ3n) is 3.30. The van der Waals surface area contributed by atoms with E-state index in [4.69, 9.17) is 16.0 Å². The van der Waals surface area contributed by atoms with Crippen LogP contribution in [0.5, 0.6) is 0 Å². The summed E-state index contributed by atoms with van der Waals surface area (Å²) in [4.78, 5) is 32.4. The summed E-state index contributed by atoms with van der Waals surface area (Å²) in [6.07, 6.45) is 0. The Hall–Kier alpha value is -3.86. The summed E-state index contributed by atoms with van der Waals surface area (Å²) < 4.78 is 5.29. The lowest BCUT2D eigenvalue weighted by atomic mass is 10.1. The summed E-state index contributed by atoms with van der Waals surface area (Å²) in [5.41, 5.74) is -0.987. The third-order valence-corrected chi connectivity index (χ3v) is 3.54. The molecule has 0 aliphatic carbocycles. The van der Waals surface area contributed by atoms with E-state index in [2.05, 4.69) is 15.5 Å². The van der Waals surface area contributed by atoms with E-state index in [9.17, 15) is 25.0 Å². The molecule has 2 aromatic carbocycles. The maximum atomic E-state index is 12.3. The molecule has 3 aromatic rings. The third kappa shape index (κ3) is 4.04. The van der Waals surface area contributed by atoms with Crippen LogP contribution < -0.4 is 5.32 Å². The number of hydrogen-bond donors (Lipinski definition) is 1. The van der Waals surface area contributed by atoms with E-state index in [1.54, 1.807) is 24.3 Å². The molecule has 0 bridgehead atoms. The van der Waals surface area contributed by atoms with Crippen LogP contribution in [0.25, 0.3) is 11.5 Å². The average Bonchev–Trinajstić information content (AvgIpc) is 3.09. The van der Waals surface area contributed by atoms with Crippen LogP contribution >= 0.6 is 11.6 Å². The Morgan fingerprint density at radius 3 is 2.30 bits per heavy atom. The highest BCUT2D eigenvalue weighted by molar-refractivity contribution is 6.30. The minimum atomic E-state index is -0.886. The van der Waals surface area contributed by atoms with Crippen molar-refractivity contribution in [3.63, 3.8) is 0 Å². The molecule has 1 aromatic heterocycles. The van der Waals surface area contributed by atoms with Crippen molar-refractivity contribution >= 4 is 34.9 Å². The number of carbonyl (C=O) groups is 1. The van der Waals surface area contributed by atoms with E-state index in [1.165, 1.54) is 0 Å². The molecule has 0 unspecified atom stereocenters. The van der Waals surface area contributed by atoms with Gasteiger partial charge in [0.2, 0.25) is 5.89 Å². The molecule has 1 heterocycles. The first-order valence-corrected chi connectivity index (χ1v) is 7.56. The highest BCUT2D eigenvalue weighted by atomic mass is 35.5. The molecule has 0 atom stereocenters. The molecule has 27 heavy (non-hydrogen) atoms. The maximum Gasteiger partial charge on any atom is 0.322 e. The van der Waals surface area contributed by atoms with Gasteiger partial charge in [0, 0.05) is 22.7 Å². The SMILES string of the molecule is O=C(Nc1nnc(-c2cccc(Cl)c2)o1)c1cc([N+](=O)[O-])cc([N+](=O)[O-])c1. The number of hydrogen-bond acceptors (Lipinski definition) is 8. The molecule has 0 saturated heterocycles. The van der Waals surface area contributed by atoms with Gasteiger partial charge in [0.25, 0.3) is 17.3 Å². The van der Waals surface area contributed by atoms with E-state index < -0.39 is 27.1 Å². The van der Waals surface area contributed by atoms with Gasteiger partial charge in [-0.3, -0.25) is 30.3 Å². The predicted octanol–water partition coefficient (Wildman–Crippen LogP) is 3.46. The average molecular weight is 390 g/mol. The second-order valence-electron chi connectivity index (χ2n) is 5.13. The molecular formula is C15H8ClN5O6. The van der Waals surface area contributed by atoms with E-state index >= 15 is 0 Å². The van der Waals surface area contributed by atoms with Crippen molar-refractivity contribution in [2.24, 2.45) is 0 Å². The zero-order valence-corrected chi connectivity index (χ0v) is 13.9. The topological polar surface area (TPSA) is 154 Å². The molecule has 0 fully saturated rings. The van der Waals surface area contributed by atoms with Gasteiger partial charge < -0.3 is 4.42 Å². The number of carbonyl (C=O) groups excluding carboxylic acids is 1. The fourth-order valence-corrected chi connectivity index (χ4v) is 2.31. The molecular weight excluding hydrogens is 382 g/mol. The second-order valence-corrected chi connectivity index (χ2v) is 5.57. The predicted molar refractivity (Wildman–Crippen MR) is 92.4 cm³/mol. The van der Waals surface area contributed by atoms with Gasteiger partial charge in [0.15, 0.2) is 0 Å². The molecule has 136 valence electrons. The number of amides is 1. The Morgan fingerprint density at radius 2 is 1.70 bits per heavy atom. The fraction of sp³-hybridized carbons (Fsp3) is 0. The maximum absolute atomic E-state index is 12.3. The van der Waals surface area contributed by atoms with Gasteiger partial charge in [-0.2, -0.15) is 0 Å². The molecule has 1 amide bonds. The molecule has 0 spiro atoms. The second kappa shape index (κ2) is 7.17. The lowest BCUT2D eigenvalue weighted by molar-refractivity contribution is -0.394. The Bertz CT molecular complexity index is 1030. The van der Waals surface area contributed by atoms with Crippen molar-refractivity contribution in [2.45, 2.75) is 0 Å². The summed E-state index contributed by atoms with van der Waals surface area (Å²) in [7, 11) is 0. The molecule has 0 radical (unpaired) electrons. The first kappa shape index (κ1) is 17.9. The van der Waals surface area contributed by atoms with Crippen molar-refractivity contribution in [3.05, 3.63) is 73.3 Å². The Balaban J connectivity index is 1.86. The minimum Gasteiger partial charge on any atom is -0.403 e. The number of rotatable bonds is 5. The number of nitro benzene ring substituents is 2. The van der Waals surface area contributed by atoms with Crippen LogP contribution in [0.2, 0.25) is 5.02 Å². The monoisotopic (exact) mass is 389 g/mol. The largest absolute Gasteiger partial charge is 0.403 e. The lowest BCUT2D eigenvalue weighted by Gasteiger charge is -2.01. The molecule has 12 heteroatoms. The van der Waals surface area contributed by atoms with Crippen LogP contribution in [0.15, 0.2) is 46.9 Å². The molecule has 1 N–H and O–H groups in total. The Kier molecular flexibility index (Phi) is 4.77. The van der Waals surface area contributed by atoms with E-state index in [1.807, 2.05) is 0 Å². The van der Waals surface area contributed by atoms with Crippen LogP contribution in [0.3, 0.4) is 0 Å². The quantitative estimate of drug-likeness (QED) is 0.513. The number of nitro groups is 2. The zero-order valence-electron chi connectivity index (χ0n) is 13.2. The van der Waals surface area contributed by atoms with Gasteiger partial charge in [-0.05, 0) is 18.2 Å². The normalized spacial score (nSPS) is 10.4. The van der Waals surface area contributed by atoms with Crippen LogP contribution in [-0.2, 0) is 0 Å². The van der Waals surface area contributed by atoms with Crippen molar-refractivity contribution in [3.8, 4) is 11.5 Å². The van der Waals surface area contributed by atoms with Crippen molar-refractivity contribution in [2.75, 3.05) is 5.32 Å². The molecule has 3 rings (SSSR count). The summed E-state index contributed by atoms with van der Waals surface area (Å²) in [6, 6.07) is 8.82. The van der Waals surface area contributed by atoms with Crippen LogP contribution in [0.1, 0.15) is 10.4 Å². The highest BCUT2D eigenvalue weighted by Gasteiger charge is 2.21. The number of nitrogens with one attached hydrogen (secondary N) is 1. The standard InChI is InChI=1S/C15H8ClN5O6/c16-10-3-1-2-8(4-10)14-18-19-15(27-14)17-13(22)9-5-11(20(23)24)7-12(6-9)21(25)26/h1-7H,(H,17,19,22). The Morgan fingerprint density at radius 1 is 1.04 bits per heavy atom. The van der Waals surface area contributed by atoms with Gasteiger partial charge in [-0.25, -0.2) is 0 Å². The smallest absolute Gasteiger partial charge is 0.322 e. The molecule has 0 aliphatic rings. The van der Waals surface area contributed by atoms with Gasteiger partial charge in [0.05, 0.1) is 21.5 Å². The van der Waals surface area contributed by atoms with Gasteiger partial charge >= 0.3 is 6.01 Å². The summed E-state index contributed by atoms with van der Waals surface area (Å²) in [5.74, 6) is -0.805. The number of anilines is 1. The molecule has 11 nitrogen and oxygen atoms in total.